The van der Waals surface area contributed by atoms with E-state index >= 15 is 0 Å². The lowest BCUT2D eigenvalue weighted by atomic mass is 10.0. The summed E-state index contributed by atoms with van der Waals surface area (Å²) >= 11 is 0. The lowest BCUT2D eigenvalue weighted by molar-refractivity contribution is 0.171. The smallest absolute Gasteiger partial charge is 0.248 e. The third-order valence-corrected chi connectivity index (χ3v) is 5.76. The minimum atomic E-state index is -0.812. The number of aliphatic hydroxyl groups is 1. The molecule has 6 nitrogen and oxygen atoms in total. The molecule has 0 aliphatic heterocycles. The molecule has 0 radical (unpaired) electrons. The van der Waals surface area contributed by atoms with Crippen LogP contribution in [-0.4, -0.2) is 27.8 Å². The van der Waals surface area contributed by atoms with E-state index in [1.165, 1.54) is 23.3 Å². The van der Waals surface area contributed by atoms with Gasteiger partial charge in [0.1, 0.15) is 11.5 Å². The van der Waals surface area contributed by atoms with Crippen molar-refractivity contribution in [2.45, 2.75) is 25.0 Å². The van der Waals surface area contributed by atoms with Crippen molar-refractivity contribution in [3.8, 4) is 17.1 Å². The van der Waals surface area contributed by atoms with Crippen molar-refractivity contribution in [2.24, 2.45) is 0 Å². The molecule has 2 aromatic carbocycles. The fourth-order valence-corrected chi connectivity index (χ4v) is 4.31. The maximum Gasteiger partial charge on any atom is 0.248 e. The van der Waals surface area contributed by atoms with Gasteiger partial charge < -0.3 is 24.9 Å². The number of furan rings is 1. The molecule has 0 saturated carbocycles. The molecule has 152 valence electrons. The zero-order valence-corrected chi connectivity index (χ0v) is 16.3. The number of phenolic OH excluding ortho intramolecular Hbond substituents is 1. The highest BCUT2D eigenvalue weighted by Gasteiger charge is 2.23. The number of aromatic nitrogens is 1. The Bertz CT molecular complexity index is 1260. The molecule has 0 bridgehead atoms. The van der Waals surface area contributed by atoms with Crippen molar-refractivity contribution in [2.75, 3.05) is 6.54 Å². The average molecular weight is 402 g/mol. The Morgan fingerprint density at radius 1 is 1.10 bits per heavy atom. The van der Waals surface area contributed by atoms with Gasteiger partial charge in [-0.05, 0) is 59.9 Å². The fourth-order valence-electron chi connectivity index (χ4n) is 4.31. The summed E-state index contributed by atoms with van der Waals surface area (Å²) in [5, 5.41) is 24.9. The van der Waals surface area contributed by atoms with Crippen LogP contribution in [0.3, 0.4) is 0 Å². The number of pyridine rings is 1. The maximum atomic E-state index is 11.6. The lowest BCUT2D eigenvalue weighted by Crippen LogP contribution is -2.33. The monoisotopic (exact) mass is 402 g/mol. The van der Waals surface area contributed by atoms with Crippen molar-refractivity contribution in [3.05, 3.63) is 87.9 Å². The molecule has 1 aliphatic rings. The standard InChI is InChI=1S/C24H22N2O4/c27-18-11-20(19-5-6-24(29)26-21(19)12-18)22(28)13-25-17-9-14-3-4-15(8-16(14)10-17)23-2-1-7-30-23/h1-8,11-12,17,22,25,27-28H,9-10,13H2,(H,26,29)/t17-,22-/m0/s1. The Hall–Kier alpha value is -3.35. The van der Waals surface area contributed by atoms with Gasteiger partial charge in [0.25, 0.3) is 0 Å². The van der Waals surface area contributed by atoms with E-state index in [-0.39, 0.29) is 17.4 Å². The number of aromatic amines is 1. The van der Waals surface area contributed by atoms with Crippen LogP contribution in [0.15, 0.2) is 70.1 Å². The van der Waals surface area contributed by atoms with Gasteiger partial charge in [-0.1, -0.05) is 12.1 Å². The van der Waals surface area contributed by atoms with E-state index in [1.807, 2.05) is 12.1 Å². The van der Waals surface area contributed by atoms with Gasteiger partial charge in [-0.15, -0.1) is 0 Å². The van der Waals surface area contributed by atoms with E-state index < -0.39 is 6.10 Å². The summed E-state index contributed by atoms with van der Waals surface area (Å²) in [5.74, 6) is 0.871. The van der Waals surface area contributed by atoms with Crippen LogP contribution in [0.1, 0.15) is 22.8 Å². The number of aromatic hydroxyl groups is 1. The Labute approximate surface area is 172 Å². The maximum absolute atomic E-state index is 11.6. The molecular formula is C24H22N2O4. The molecule has 1 aliphatic carbocycles. The van der Waals surface area contributed by atoms with E-state index in [0.717, 1.165) is 29.6 Å². The number of phenols is 1. The van der Waals surface area contributed by atoms with Gasteiger partial charge in [-0.25, -0.2) is 0 Å². The van der Waals surface area contributed by atoms with Crippen LogP contribution in [0.2, 0.25) is 0 Å². The van der Waals surface area contributed by atoms with Gasteiger partial charge in [-0.2, -0.15) is 0 Å². The molecule has 0 fully saturated rings. The van der Waals surface area contributed by atoms with E-state index in [1.54, 1.807) is 18.4 Å². The van der Waals surface area contributed by atoms with Crippen LogP contribution in [-0.2, 0) is 12.8 Å². The van der Waals surface area contributed by atoms with Crippen molar-refractivity contribution >= 4 is 10.9 Å². The minimum Gasteiger partial charge on any atom is -0.508 e. The molecule has 0 saturated heterocycles. The topological polar surface area (TPSA) is 98.5 Å². The second-order valence-corrected chi connectivity index (χ2v) is 7.81. The van der Waals surface area contributed by atoms with Crippen molar-refractivity contribution in [1.29, 1.82) is 0 Å². The lowest BCUT2D eigenvalue weighted by Gasteiger charge is -2.18. The predicted octanol–water partition coefficient (Wildman–Crippen LogP) is 3.28. The second kappa shape index (κ2) is 7.48. The summed E-state index contributed by atoms with van der Waals surface area (Å²) in [4.78, 5) is 14.3. The van der Waals surface area contributed by atoms with Crippen LogP contribution in [0, 0.1) is 0 Å². The van der Waals surface area contributed by atoms with E-state index in [0.29, 0.717) is 17.6 Å². The van der Waals surface area contributed by atoms with Crippen LogP contribution in [0.5, 0.6) is 5.75 Å². The second-order valence-electron chi connectivity index (χ2n) is 7.81. The number of H-pyrrole nitrogens is 1. The fraction of sp³-hybridized carbons (Fsp3) is 0.208. The van der Waals surface area contributed by atoms with Gasteiger partial charge in [0, 0.05) is 35.7 Å². The van der Waals surface area contributed by atoms with E-state index in [9.17, 15) is 15.0 Å². The summed E-state index contributed by atoms with van der Waals surface area (Å²) in [6.07, 6.45) is 2.64. The Balaban J connectivity index is 1.30. The summed E-state index contributed by atoms with van der Waals surface area (Å²) in [7, 11) is 0. The van der Waals surface area contributed by atoms with Gasteiger partial charge in [0.05, 0.1) is 17.9 Å². The quantitative estimate of drug-likeness (QED) is 0.411. The highest BCUT2D eigenvalue weighted by Crippen LogP contribution is 2.30. The highest BCUT2D eigenvalue weighted by molar-refractivity contribution is 5.84. The molecule has 4 aromatic rings. The van der Waals surface area contributed by atoms with E-state index in [4.69, 9.17) is 4.42 Å². The first kappa shape index (κ1) is 18.7. The number of hydrogen-bond donors (Lipinski definition) is 4. The van der Waals surface area contributed by atoms with Gasteiger partial charge in [0.2, 0.25) is 5.56 Å². The summed E-state index contributed by atoms with van der Waals surface area (Å²) < 4.78 is 5.50. The summed E-state index contributed by atoms with van der Waals surface area (Å²) in [6.45, 7) is 0.349. The predicted molar refractivity (Wildman–Crippen MR) is 115 cm³/mol. The molecule has 2 atom stereocenters. The van der Waals surface area contributed by atoms with Crippen LogP contribution >= 0.6 is 0 Å². The summed E-state index contributed by atoms with van der Waals surface area (Å²) in [5.41, 5.74) is 4.51. The SMILES string of the molecule is O=c1ccc2c([C@@H](O)CN[C@H]3Cc4ccc(-c5ccco5)cc4C3)cc(O)cc2[nH]1. The number of nitrogens with one attached hydrogen (secondary N) is 2. The van der Waals surface area contributed by atoms with Gasteiger partial charge in [0.15, 0.2) is 0 Å². The molecule has 0 spiro atoms. The molecule has 2 heterocycles. The molecule has 6 heteroatoms. The highest BCUT2D eigenvalue weighted by atomic mass is 16.3. The first-order chi connectivity index (χ1) is 14.6. The number of fused-ring (bicyclic) bond motifs is 2. The third-order valence-electron chi connectivity index (χ3n) is 5.76. The van der Waals surface area contributed by atoms with Gasteiger partial charge in [-0.3, -0.25) is 4.79 Å². The average Bonchev–Trinajstić information content (AvgIpc) is 3.40. The van der Waals surface area contributed by atoms with Crippen molar-refractivity contribution < 1.29 is 14.6 Å². The molecule has 0 unspecified atom stereocenters. The normalized spacial score (nSPS) is 16.6. The number of aliphatic hydroxyl groups excluding tert-OH is 1. The van der Waals surface area contributed by atoms with E-state index in [2.05, 4.69) is 28.5 Å². The minimum absolute atomic E-state index is 0.0112. The molecule has 5 rings (SSSR count). The molecule has 4 N–H and O–H groups in total. The zero-order valence-electron chi connectivity index (χ0n) is 16.3. The molecule has 2 aromatic heterocycles. The zero-order chi connectivity index (χ0) is 20.7. The number of rotatable bonds is 5. The first-order valence-electron chi connectivity index (χ1n) is 10.00. The van der Waals surface area contributed by atoms with Crippen LogP contribution < -0.4 is 10.9 Å². The van der Waals surface area contributed by atoms with Gasteiger partial charge >= 0.3 is 0 Å². The summed E-state index contributed by atoms with van der Waals surface area (Å²) in [6, 6.07) is 16.6. The number of benzene rings is 2. The molecular weight excluding hydrogens is 380 g/mol. The largest absolute Gasteiger partial charge is 0.508 e. The Morgan fingerprint density at radius 3 is 2.80 bits per heavy atom. The van der Waals surface area contributed by atoms with Crippen LogP contribution in [0.4, 0.5) is 0 Å². The molecule has 0 amide bonds. The molecule has 30 heavy (non-hydrogen) atoms. The van der Waals surface area contributed by atoms with Crippen LogP contribution in [0.25, 0.3) is 22.2 Å². The number of hydrogen-bond acceptors (Lipinski definition) is 5. The first-order valence-corrected chi connectivity index (χ1v) is 10.00. The Kier molecular flexibility index (Phi) is 4.65. The van der Waals surface area contributed by atoms with Crippen molar-refractivity contribution in [1.82, 2.24) is 10.3 Å². The third kappa shape index (κ3) is 3.51. The van der Waals surface area contributed by atoms with Crippen molar-refractivity contribution in [3.63, 3.8) is 0 Å². The Morgan fingerprint density at radius 2 is 1.97 bits per heavy atom.